The predicted octanol–water partition coefficient (Wildman–Crippen LogP) is 4.15. The maximum atomic E-state index is 11.9. The molecule has 0 heterocycles. The van der Waals surface area contributed by atoms with Gasteiger partial charge in [-0.15, -0.1) is 0 Å². The number of halogens is 2. The van der Waals surface area contributed by atoms with Gasteiger partial charge in [0.05, 0.1) is 10.0 Å². The van der Waals surface area contributed by atoms with Gasteiger partial charge in [0.1, 0.15) is 0 Å². The Morgan fingerprint density at radius 2 is 2.10 bits per heavy atom. The van der Waals surface area contributed by atoms with Gasteiger partial charge < -0.3 is 0 Å². The minimum absolute atomic E-state index is 0.261. The van der Waals surface area contributed by atoms with E-state index in [9.17, 15) is 4.79 Å². The van der Waals surface area contributed by atoms with Gasteiger partial charge in [0.2, 0.25) is 0 Å². The lowest BCUT2D eigenvalue weighted by atomic mass is 9.90. The highest BCUT2D eigenvalue weighted by Crippen LogP contribution is 2.47. The van der Waals surface area contributed by atoms with Gasteiger partial charge >= 0.3 is 0 Å². The molecular weight excluding hydrogens is 295 g/mol. The van der Waals surface area contributed by atoms with Crippen LogP contribution < -0.4 is 5.43 Å². The molecule has 2 aliphatic carbocycles. The summed E-state index contributed by atoms with van der Waals surface area (Å²) in [4.78, 5) is 11.9. The van der Waals surface area contributed by atoms with Crippen LogP contribution in [0.1, 0.15) is 36.0 Å². The van der Waals surface area contributed by atoms with E-state index in [0.29, 0.717) is 21.5 Å². The zero-order valence-electron chi connectivity index (χ0n) is 11.0. The Balaban J connectivity index is 1.57. The maximum absolute atomic E-state index is 11.9. The summed E-state index contributed by atoms with van der Waals surface area (Å²) in [7, 11) is 0. The third-order valence-corrected chi connectivity index (χ3v) is 5.15. The topological polar surface area (TPSA) is 41.5 Å². The van der Waals surface area contributed by atoms with E-state index in [0.717, 1.165) is 11.8 Å². The molecule has 0 aliphatic heterocycles. The summed E-state index contributed by atoms with van der Waals surface area (Å²) < 4.78 is 0. The highest BCUT2D eigenvalue weighted by Gasteiger charge is 2.38. The van der Waals surface area contributed by atoms with Crippen LogP contribution in [0.25, 0.3) is 0 Å². The highest BCUT2D eigenvalue weighted by atomic mass is 35.5. The van der Waals surface area contributed by atoms with E-state index in [1.54, 1.807) is 18.2 Å². The van der Waals surface area contributed by atoms with E-state index in [1.807, 2.05) is 6.21 Å². The van der Waals surface area contributed by atoms with Gasteiger partial charge in [-0.05, 0) is 55.2 Å². The Labute approximate surface area is 128 Å². The molecule has 0 unspecified atom stereocenters. The van der Waals surface area contributed by atoms with Crippen LogP contribution in [-0.2, 0) is 0 Å². The van der Waals surface area contributed by atoms with E-state index in [1.165, 1.54) is 25.7 Å². The lowest BCUT2D eigenvalue weighted by Crippen LogP contribution is -2.20. The fraction of sp³-hybridized carbons (Fsp3) is 0.467. The zero-order valence-corrected chi connectivity index (χ0v) is 12.5. The molecule has 5 heteroatoms. The number of hydrazone groups is 1. The first-order valence-electron chi connectivity index (χ1n) is 6.92. The van der Waals surface area contributed by atoms with Gasteiger partial charge in [0, 0.05) is 11.8 Å². The Morgan fingerprint density at radius 3 is 2.75 bits per heavy atom. The van der Waals surface area contributed by atoms with Crippen LogP contribution >= 0.6 is 23.2 Å². The third-order valence-electron chi connectivity index (χ3n) is 4.41. The Hall–Kier alpha value is -1.06. The Bertz CT molecular complexity index is 559. The number of carbonyl (C=O) groups excluding carboxylic acids is 1. The molecule has 1 amide bonds. The summed E-state index contributed by atoms with van der Waals surface area (Å²) in [6.45, 7) is 0. The molecule has 0 radical (unpaired) electrons. The van der Waals surface area contributed by atoms with Crippen LogP contribution in [-0.4, -0.2) is 12.1 Å². The lowest BCUT2D eigenvalue weighted by Gasteiger charge is -2.16. The molecule has 3 atom stereocenters. The van der Waals surface area contributed by atoms with Gasteiger partial charge in [0.15, 0.2) is 0 Å². The molecule has 2 saturated carbocycles. The Morgan fingerprint density at radius 1 is 1.25 bits per heavy atom. The average Bonchev–Trinajstić information content (AvgIpc) is 3.04. The quantitative estimate of drug-likeness (QED) is 0.661. The number of benzene rings is 1. The molecule has 3 nitrogen and oxygen atoms in total. The molecule has 2 bridgehead atoms. The van der Waals surface area contributed by atoms with Crippen molar-refractivity contribution in [3.8, 4) is 0 Å². The fourth-order valence-electron chi connectivity index (χ4n) is 3.37. The second-order valence-corrected chi connectivity index (χ2v) is 6.50. The van der Waals surface area contributed by atoms with Crippen molar-refractivity contribution in [3.05, 3.63) is 33.8 Å². The van der Waals surface area contributed by atoms with Crippen LogP contribution in [0.3, 0.4) is 0 Å². The molecule has 1 aromatic carbocycles. The zero-order chi connectivity index (χ0) is 14.1. The number of rotatable bonds is 3. The first kappa shape index (κ1) is 13.9. The van der Waals surface area contributed by atoms with E-state index in [2.05, 4.69) is 10.5 Å². The predicted molar refractivity (Wildman–Crippen MR) is 81.4 cm³/mol. The van der Waals surface area contributed by atoms with E-state index >= 15 is 0 Å². The summed E-state index contributed by atoms with van der Waals surface area (Å²) in [6.07, 6.45) is 7.13. The normalized spacial score (nSPS) is 28.2. The van der Waals surface area contributed by atoms with E-state index in [4.69, 9.17) is 23.2 Å². The summed E-state index contributed by atoms with van der Waals surface area (Å²) in [6, 6.07) is 4.79. The van der Waals surface area contributed by atoms with Gasteiger partial charge in [-0.3, -0.25) is 4.79 Å². The standard InChI is InChI=1S/C15H16Cl2N2O/c16-13-4-3-11(7-14(13)17)15(20)19-18-8-12-6-9-1-2-10(12)5-9/h3-4,7-10,12H,1-2,5-6H2,(H,19,20)/b18-8-/t9-,10-,12+/m0/s1. The molecule has 0 spiro atoms. The van der Waals surface area contributed by atoms with Crippen molar-refractivity contribution in [2.75, 3.05) is 0 Å². The summed E-state index contributed by atoms with van der Waals surface area (Å²) >= 11 is 11.7. The van der Waals surface area contributed by atoms with Crippen LogP contribution in [0.4, 0.5) is 0 Å². The second-order valence-electron chi connectivity index (χ2n) is 5.69. The van der Waals surface area contributed by atoms with Crippen molar-refractivity contribution in [1.29, 1.82) is 0 Å². The fourth-order valence-corrected chi connectivity index (χ4v) is 3.67. The second kappa shape index (κ2) is 5.74. The van der Waals surface area contributed by atoms with E-state index in [-0.39, 0.29) is 5.91 Å². The van der Waals surface area contributed by atoms with Crippen molar-refractivity contribution in [2.24, 2.45) is 22.9 Å². The first-order chi connectivity index (χ1) is 9.63. The number of carbonyl (C=O) groups is 1. The number of hydrogen-bond donors (Lipinski definition) is 1. The molecule has 1 N–H and O–H groups in total. The van der Waals surface area contributed by atoms with Crippen LogP contribution in [0, 0.1) is 17.8 Å². The van der Waals surface area contributed by atoms with Crippen LogP contribution in [0.15, 0.2) is 23.3 Å². The molecule has 0 aromatic heterocycles. The van der Waals surface area contributed by atoms with Crippen molar-refractivity contribution >= 4 is 35.3 Å². The molecule has 0 saturated heterocycles. The Kier molecular flexibility index (Phi) is 3.99. The minimum Gasteiger partial charge on any atom is -0.267 e. The largest absolute Gasteiger partial charge is 0.271 e. The average molecular weight is 311 g/mol. The molecule has 3 rings (SSSR count). The van der Waals surface area contributed by atoms with Gasteiger partial charge in [-0.25, -0.2) is 5.43 Å². The van der Waals surface area contributed by atoms with Crippen molar-refractivity contribution in [2.45, 2.75) is 25.7 Å². The molecule has 106 valence electrons. The van der Waals surface area contributed by atoms with Crippen molar-refractivity contribution in [3.63, 3.8) is 0 Å². The van der Waals surface area contributed by atoms with Crippen LogP contribution in [0.5, 0.6) is 0 Å². The maximum Gasteiger partial charge on any atom is 0.271 e. The molecule has 20 heavy (non-hydrogen) atoms. The molecule has 1 aromatic rings. The number of hydrogen-bond acceptors (Lipinski definition) is 2. The summed E-state index contributed by atoms with van der Waals surface area (Å²) in [5.41, 5.74) is 3.02. The monoisotopic (exact) mass is 310 g/mol. The molecule has 2 aliphatic rings. The first-order valence-corrected chi connectivity index (χ1v) is 7.67. The molecular formula is C15H16Cl2N2O. The van der Waals surface area contributed by atoms with Gasteiger partial charge in [0.25, 0.3) is 5.91 Å². The summed E-state index contributed by atoms with van der Waals surface area (Å²) in [5, 5.41) is 4.91. The highest BCUT2D eigenvalue weighted by molar-refractivity contribution is 6.42. The third kappa shape index (κ3) is 2.84. The van der Waals surface area contributed by atoms with Crippen LogP contribution in [0.2, 0.25) is 10.0 Å². The van der Waals surface area contributed by atoms with Crippen molar-refractivity contribution in [1.82, 2.24) is 5.43 Å². The number of nitrogens with one attached hydrogen (secondary N) is 1. The number of fused-ring (bicyclic) bond motifs is 2. The molecule has 2 fully saturated rings. The van der Waals surface area contributed by atoms with Gasteiger partial charge in [-0.2, -0.15) is 5.10 Å². The number of amides is 1. The SMILES string of the molecule is O=C(N/N=C\[C@H]1C[C@H]2CC[C@H]1C2)c1ccc(Cl)c(Cl)c1. The minimum atomic E-state index is -0.261. The summed E-state index contributed by atoms with van der Waals surface area (Å²) in [5.74, 6) is 1.92. The van der Waals surface area contributed by atoms with Gasteiger partial charge in [-0.1, -0.05) is 29.6 Å². The lowest BCUT2D eigenvalue weighted by molar-refractivity contribution is 0.0955. The smallest absolute Gasteiger partial charge is 0.267 e. The number of nitrogens with zero attached hydrogens (tertiary/aromatic N) is 1. The van der Waals surface area contributed by atoms with E-state index < -0.39 is 0 Å². The van der Waals surface area contributed by atoms with Crippen molar-refractivity contribution < 1.29 is 4.79 Å².